The molecule has 0 saturated carbocycles. The maximum absolute atomic E-state index is 11.5. The molecule has 1 amide bonds. The molecule has 1 aliphatic heterocycles. The second kappa shape index (κ2) is 4.64. The molecule has 1 heterocycles. The molecule has 3 unspecified atom stereocenters. The lowest BCUT2D eigenvalue weighted by Crippen LogP contribution is -2.44. The Hall–Kier alpha value is -0.770. The molecule has 4 heteroatoms. The van der Waals surface area contributed by atoms with Crippen molar-refractivity contribution >= 4 is 6.09 Å². The van der Waals surface area contributed by atoms with Gasteiger partial charge in [-0.3, -0.25) is 4.90 Å². The lowest BCUT2D eigenvalue weighted by atomic mass is 10.1. The fraction of sp³-hybridized carbons (Fsp3) is 0.900. The number of nitrogens with zero attached hydrogens (tertiary/aromatic N) is 1. The van der Waals surface area contributed by atoms with Crippen LogP contribution < -0.4 is 0 Å². The molecule has 4 nitrogen and oxygen atoms in total. The minimum absolute atomic E-state index is 0.0268. The number of amides is 1. The van der Waals surface area contributed by atoms with Crippen molar-refractivity contribution in [1.82, 2.24) is 4.90 Å². The summed E-state index contributed by atoms with van der Waals surface area (Å²) >= 11 is 0. The number of hydrogen-bond donors (Lipinski definition) is 1. The molecule has 0 aliphatic carbocycles. The Morgan fingerprint density at radius 3 is 2.79 bits per heavy atom. The molecular weight excluding hydrogens is 182 g/mol. The number of aliphatic hydroxyl groups excluding tert-OH is 1. The number of carbonyl (C=O) groups excluding carboxylic acids is 1. The predicted molar refractivity (Wildman–Crippen MR) is 53.0 cm³/mol. The van der Waals surface area contributed by atoms with Gasteiger partial charge in [0.1, 0.15) is 6.10 Å². The zero-order chi connectivity index (χ0) is 10.7. The molecule has 0 aromatic carbocycles. The van der Waals surface area contributed by atoms with E-state index < -0.39 is 0 Å². The predicted octanol–water partition coefficient (Wildman–Crippen LogP) is 1.38. The number of aliphatic hydroxyl groups is 1. The molecule has 1 fully saturated rings. The third-order valence-corrected chi connectivity index (χ3v) is 2.77. The molecule has 0 bridgehead atoms. The van der Waals surface area contributed by atoms with Crippen molar-refractivity contribution in [3.8, 4) is 0 Å². The number of cyclic esters (lactones) is 1. The number of hydrogen-bond acceptors (Lipinski definition) is 3. The third kappa shape index (κ3) is 2.00. The highest BCUT2D eigenvalue weighted by Crippen LogP contribution is 2.23. The summed E-state index contributed by atoms with van der Waals surface area (Å²) < 4.78 is 5.07. The van der Waals surface area contributed by atoms with Crippen LogP contribution in [0.15, 0.2) is 0 Å². The molecule has 0 spiro atoms. The topological polar surface area (TPSA) is 49.8 Å². The van der Waals surface area contributed by atoms with E-state index in [0.717, 1.165) is 12.8 Å². The van der Waals surface area contributed by atoms with Crippen molar-refractivity contribution in [2.45, 2.75) is 51.8 Å². The van der Waals surface area contributed by atoms with Gasteiger partial charge in [0.25, 0.3) is 0 Å². The zero-order valence-corrected chi connectivity index (χ0v) is 9.06. The Balaban J connectivity index is 2.68. The van der Waals surface area contributed by atoms with Gasteiger partial charge in [-0.05, 0) is 20.3 Å². The molecule has 3 atom stereocenters. The van der Waals surface area contributed by atoms with Crippen LogP contribution in [0, 0.1) is 0 Å². The number of carbonyl (C=O) groups is 1. The van der Waals surface area contributed by atoms with Crippen LogP contribution in [0.5, 0.6) is 0 Å². The molecule has 1 aliphatic rings. The van der Waals surface area contributed by atoms with Gasteiger partial charge in [-0.2, -0.15) is 0 Å². The fourth-order valence-electron chi connectivity index (χ4n) is 1.96. The van der Waals surface area contributed by atoms with Crippen molar-refractivity contribution in [3.63, 3.8) is 0 Å². The van der Waals surface area contributed by atoms with E-state index in [9.17, 15) is 4.79 Å². The standard InChI is InChI=1S/C10H19NO3/c1-4-5-7(2)11-9(6-12)8(3)14-10(11)13/h7-9,12H,4-6H2,1-3H3. The number of ether oxygens (including phenoxy) is 1. The first kappa shape index (κ1) is 11.3. The van der Waals surface area contributed by atoms with Crippen LogP contribution >= 0.6 is 0 Å². The summed E-state index contributed by atoms with van der Waals surface area (Å²) in [6, 6.07) is -0.0290. The quantitative estimate of drug-likeness (QED) is 0.747. The van der Waals surface area contributed by atoms with E-state index in [2.05, 4.69) is 6.92 Å². The van der Waals surface area contributed by atoms with Gasteiger partial charge >= 0.3 is 6.09 Å². The molecule has 1 N–H and O–H groups in total. The van der Waals surface area contributed by atoms with Gasteiger partial charge in [0.05, 0.1) is 12.6 Å². The van der Waals surface area contributed by atoms with Crippen LogP contribution in [0.3, 0.4) is 0 Å². The average molecular weight is 201 g/mol. The highest BCUT2D eigenvalue weighted by atomic mass is 16.6. The van der Waals surface area contributed by atoms with Crippen molar-refractivity contribution in [3.05, 3.63) is 0 Å². The summed E-state index contributed by atoms with van der Waals surface area (Å²) in [5.74, 6) is 0. The summed E-state index contributed by atoms with van der Waals surface area (Å²) in [6.07, 6.45) is 1.47. The normalized spacial score (nSPS) is 29.1. The van der Waals surface area contributed by atoms with Gasteiger partial charge in [-0.25, -0.2) is 4.79 Å². The number of rotatable bonds is 4. The van der Waals surface area contributed by atoms with Crippen molar-refractivity contribution in [1.29, 1.82) is 0 Å². The van der Waals surface area contributed by atoms with E-state index in [1.807, 2.05) is 13.8 Å². The fourth-order valence-corrected chi connectivity index (χ4v) is 1.96. The Kier molecular flexibility index (Phi) is 3.75. The summed E-state index contributed by atoms with van der Waals surface area (Å²) in [5, 5.41) is 9.17. The molecule has 1 saturated heterocycles. The highest BCUT2D eigenvalue weighted by molar-refractivity contribution is 5.71. The minimum Gasteiger partial charge on any atom is -0.444 e. The first-order chi connectivity index (χ1) is 6.61. The van der Waals surface area contributed by atoms with E-state index in [1.165, 1.54) is 0 Å². The summed E-state index contributed by atoms with van der Waals surface area (Å²) in [5.41, 5.74) is 0. The van der Waals surface area contributed by atoms with Gasteiger partial charge in [0.2, 0.25) is 0 Å². The zero-order valence-electron chi connectivity index (χ0n) is 9.06. The van der Waals surface area contributed by atoms with Gasteiger partial charge in [-0.1, -0.05) is 13.3 Å². The van der Waals surface area contributed by atoms with Crippen LogP contribution in [0.2, 0.25) is 0 Å². The Morgan fingerprint density at radius 2 is 2.29 bits per heavy atom. The van der Waals surface area contributed by atoms with Crippen LogP contribution in [0.1, 0.15) is 33.6 Å². The molecule has 0 aromatic heterocycles. The SMILES string of the molecule is CCCC(C)N1C(=O)OC(C)C1CO. The summed E-state index contributed by atoms with van der Waals surface area (Å²) in [6.45, 7) is 5.86. The van der Waals surface area contributed by atoms with E-state index in [4.69, 9.17) is 9.84 Å². The van der Waals surface area contributed by atoms with Crippen LogP contribution in [-0.2, 0) is 4.74 Å². The lowest BCUT2D eigenvalue weighted by molar-refractivity contribution is 0.125. The van der Waals surface area contributed by atoms with E-state index >= 15 is 0 Å². The van der Waals surface area contributed by atoms with E-state index in [0.29, 0.717) is 0 Å². The molecule has 1 rings (SSSR count). The Morgan fingerprint density at radius 1 is 1.64 bits per heavy atom. The van der Waals surface area contributed by atoms with Gasteiger partial charge in [0.15, 0.2) is 0 Å². The maximum atomic E-state index is 11.5. The van der Waals surface area contributed by atoms with Crippen LogP contribution in [0.4, 0.5) is 4.79 Å². The first-order valence-corrected chi connectivity index (χ1v) is 5.21. The summed E-state index contributed by atoms with van der Waals surface area (Å²) in [4.78, 5) is 13.1. The van der Waals surface area contributed by atoms with E-state index in [-0.39, 0.29) is 30.9 Å². The highest BCUT2D eigenvalue weighted by Gasteiger charge is 2.40. The molecule has 82 valence electrons. The van der Waals surface area contributed by atoms with Crippen molar-refractivity contribution in [2.75, 3.05) is 6.61 Å². The lowest BCUT2D eigenvalue weighted by Gasteiger charge is -2.27. The Bertz CT molecular complexity index is 208. The molecule has 0 radical (unpaired) electrons. The summed E-state index contributed by atoms with van der Waals surface area (Å²) in [7, 11) is 0. The average Bonchev–Trinajstić information content (AvgIpc) is 2.40. The van der Waals surface area contributed by atoms with Crippen LogP contribution in [-0.4, -0.2) is 40.9 Å². The Labute approximate surface area is 84.8 Å². The smallest absolute Gasteiger partial charge is 0.410 e. The second-order valence-corrected chi connectivity index (χ2v) is 3.88. The minimum atomic E-state index is -0.294. The van der Waals surface area contributed by atoms with Crippen molar-refractivity contribution < 1.29 is 14.6 Å². The first-order valence-electron chi connectivity index (χ1n) is 5.21. The largest absolute Gasteiger partial charge is 0.444 e. The molecule has 14 heavy (non-hydrogen) atoms. The third-order valence-electron chi connectivity index (χ3n) is 2.77. The van der Waals surface area contributed by atoms with Gasteiger partial charge < -0.3 is 9.84 Å². The van der Waals surface area contributed by atoms with Crippen molar-refractivity contribution in [2.24, 2.45) is 0 Å². The van der Waals surface area contributed by atoms with Gasteiger partial charge in [-0.15, -0.1) is 0 Å². The monoisotopic (exact) mass is 201 g/mol. The van der Waals surface area contributed by atoms with Crippen LogP contribution in [0.25, 0.3) is 0 Å². The second-order valence-electron chi connectivity index (χ2n) is 3.88. The molecular formula is C10H19NO3. The van der Waals surface area contributed by atoms with Gasteiger partial charge in [0, 0.05) is 6.04 Å². The molecule has 0 aromatic rings. The van der Waals surface area contributed by atoms with E-state index in [1.54, 1.807) is 4.90 Å². The maximum Gasteiger partial charge on any atom is 0.410 e.